The van der Waals surface area contributed by atoms with Crippen LogP contribution in [0.25, 0.3) is 0 Å². The summed E-state index contributed by atoms with van der Waals surface area (Å²) >= 11 is 5.80. The summed E-state index contributed by atoms with van der Waals surface area (Å²) < 4.78 is 36.7. The number of halogens is 1. The highest BCUT2D eigenvalue weighted by atomic mass is 35.5. The molecule has 0 aliphatic rings. The number of nitrogens with one attached hydrogen (secondary N) is 1. The first-order valence-corrected chi connectivity index (χ1v) is 10.4. The summed E-state index contributed by atoms with van der Waals surface area (Å²) in [4.78, 5) is 12.3. The maximum Gasteiger partial charge on any atom is 0.257 e. The number of amides is 1. The number of carbonyl (C=O) groups excluding carboxylic acids is 1. The maximum atomic E-state index is 13.0. The van der Waals surface area contributed by atoms with Crippen molar-refractivity contribution in [2.75, 3.05) is 13.2 Å². The molecule has 0 fully saturated rings. The van der Waals surface area contributed by atoms with E-state index >= 15 is 0 Å². The zero-order valence-electron chi connectivity index (χ0n) is 14.7. The van der Waals surface area contributed by atoms with Crippen LogP contribution in [0.15, 0.2) is 82.3 Å². The molecule has 0 radical (unpaired) electrons. The van der Waals surface area contributed by atoms with Crippen LogP contribution in [0.2, 0.25) is 5.02 Å². The van der Waals surface area contributed by atoms with Gasteiger partial charge in [-0.3, -0.25) is 4.79 Å². The van der Waals surface area contributed by atoms with Crippen molar-refractivity contribution in [3.63, 3.8) is 0 Å². The second-order valence-electron chi connectivity index (χ2n) is 5.91. The van der Waals surface area contributed by atoms with Crippen molar-refractivity contribution in [1.82, 2.24) is 5.32 Å². The first-order valence-electron chi connectivity index (χ1n) is 8.44. The molecule has 1 amide bonds. The second kappa shape index (κ2) is 8.95. The minimum atomic E-state index is -3.76. The van der Waals surface area contributed by atoms with E-state index in [4.69, 9.17) is 20.8 Å². The number of sulfone groups is 1. The van der Waals surface area contributed by atoms with E-state index < -0.39 is 21.0 Å². The van der Waals surface area contributed by atoms with E-state index in [1.54, 1.807) is 54.6 Å². The average Bonchev–Trinajstić information content (AvgIpc) is 3.22. The molecule has 1 heterocycles. The van der Waals surface area contributed by atoms with Gasteiger partial charge in [0.05, 0.1) is 11.2 Å². The summed E-state index contributed by atoms with van der Waals surface area (Å²) in [6.07, 6.45) is 1.40. The predicted molar refractivity (Wildman–Crippen MR) is 105 cm³/mol. The third-order valence-corrected chi connectivity index (χ3v) is 6.30. The molecule has 1 atom stereocenters. The molecule has 0 aliphatic carbocycles. The Morgan fingerprint density at radius 1 is 1.04 bits per heavy atom. The summed E-state index contributed by atoms with van der Waals surface area (Å²) in [6, 6.07) is 17.8. The van der Waals surface area contributed by atoms with Gasteiger partial charge in [-0.05, 0) is 48.5 Å². The van der Waals surface area contributed by atoms with Crippen LogP contribution < -0.4 is 10.1 Å². The lowest BCUT2D eigenvalue weighted by molar-refractivity contribution is -0.123. The molecule has 3 rings (SSSR count). The van der Waals surface area contributed by atoms with Gasteiger partial charge in [0.15, 0.2) is 16.4 Å². The van der Waals surface area contributed by atoms with Gasteiger partial charge in [0.2, 0.25) is 0 Å². The Bertz CT molecular complexity index is 1000. The fraction of sp³-hybridized carbons (Fsp3) is 0.150. The van der Waals surface area contributed by atoms with Gasteiger partial charge in [-0.15, -0.1) is 0 Å². The van der Waals surface area contributed by atoms with Crippen molar-refractivity contribution >= 4 is 27.3 Å². The number of rotatable bonds is 8. The summed E-state index contributed by atoms with van der Waals surface area (Å²) in [5.74, 6) is 0.289. The van der Waals surface area contributed by atoms with Crippen LogP contribution in [-0.4, -0.2) is 27.5 Å². The average molecular weight is 420 g/mol. The van der Waals surface area contributed by atoms with E-state index in [1.165, 1.54) is 18.4 Å². The van der Waals surface area contributed by atoms with Crippen LogP contribution in [0.5, 0.6) is 5.75 Å². The van der Waals surface area contributed by atoms with Crippen molar-refractivity contribution < 1.29 is 22.4 Å². The molecule has 0 spiro atoms. The van der Waals surface area contributed by atoms with E-state index in [9.17, 15) is 13.2 Å². The summed E-state index contributed by atoms with van der Waals surface area (Å²) in [7, 11) is -3.76. The molecule has 0 aliphatic heterocycles. The number of furan rings is 1. The molecule has 1 N–H and O–H groups in total. The lowest BCUT2D eigenvalue weighted by atomic mass is 10.3. The number of benzene rings is 2. The van der Waals surface area contributed by atoms with Gasteiger partial charge in [-0.2, -0.15) is 0 Å². The van der Waals surface area contributed by atoms with Crippen LogP contribution in [0.3, 0.4) is 0 Å². The molecule has 0 saturated heterocycles. The highest BCUT2D eigenvalue weighted by molar-refractivity contribution is 7.91. The molecule has 0 bridgehead atoms. The Morgan fingerprint density at radius 3 is 2.39 bits per heavy atom. The van der Waals surface area contributed by atoms with Crippen LogP contribution in [0, 0.1) is 0 Å². The zero-order valence-corrected chi connectivity index (χ0v) is 16.3. The Labute approximate surface area is 168 Å². The van der Waals surface area contributed by atoms with Crippen LogP contribution in [0.4, 0.5) is 0 Å². The molecule has 6 nitrogen and oxygen atoms in total. The first kappa shape index (κ1) is 20.0. The van der Waals surface area contributed by atoms with Gasteiger partial charge < -0.3 is 14.5 Å². The third-order valence-electron chi connectivity index (χ3n) is 3.98. The molecule has 1 aromatic heterocycles. The monoisotopic (exact) mass is 419 g/mol. The Kier molecular flexibility index (Phi) is 6.38. The van der Waals surface area contributed by atoms with Crippen molar-refractivity contribution in [2.24, 2.45) is 0 Å². The molecular formula is C20H18ClNO5S. The molecule has 3 aromatic rings. The third kappa shape index (κ3) is 4.94. The highest BCUT2D eigenvalue weighted by Crippen LogP contribution is 2.28. The minimum Gasteiger partial charge on any atom is -0.484 e. The smallest absolute Gasteiger partial charge is 0.257 e. The van der Waals surface area contributed by atoms with Crippen molar-refractivity contribution in [1.29, 1.82) is 0 Å². The Balaban J connectivity index is 1.67. The quantitative estimate of drug-likeness (QED) is 0.602. The van der Waals surface area contributed by atoms with Gasteiger partial charge in [0.1, 0.15) is 16.8 Å². The molecular weight excluding hydrogens is 402 g/mol. The Hall–Kier alpha value is -2.77. The fourth-order valence-electron chi connectivity index (χ4n) is 2.55. The number of hydrogen-bond acceptors (Lipinski definition) is 5. The van der Waals surface area contributed by atoms with Crippen LogP contribution in [-0.2, 0) is 14.6 Å². The van der Waals surface area contributed by atoms with E-state index in [0.717, 1.165) is 0 Å². The molecule has 8 heteroatoms. The van der Waals surface area contributed by atoms with Gasteiger partial charge in [-0.1, -0.05) is 29.8 Å². The molecule has 0 unspecified atom stereocenters. The second-order valence-corrected chi connectivity index (χ2v) is 8.48. The summed E-state index contributed by atoms with van der Waals surface area (Å²) in [5, 5.41) is 2.11. The van der Waals surface area contributed by atoms with E-state index in [2.05, 4.69) is 5.32 Å². The fourth-order valence-corrected chi connectivity index (χ4v) is 4.28. The lowest BCUT2D eigenvalue weighted by Crippen LogP contribution is -2.34. The first-order chi connectivity index (χ1) is 13.5. The minimum absolute atomic E-state index is 0.145. The lowest BCUT2D eigenvalue weighted by Gasteiger charge is -2.17. The van der Waals surface area contributed by atoms with Crippen LogP contribution in [0.1, 0.15) is 11.0 Å². The van der Waals surface area contributed by atoms with Crippen molar-refractivity contribution in [3.05, 3.63) is 83.8 Å². The van der Waals surface area contributed by atoms with E-state index in [0.29, 0.717) is 10.8 Å². The maximum absolute atomic E-state index is 13.0. The van der Waals surface area contributed by atoms with Gasteiger partial charge in [0, 0.05) is 11.6 Å². The predicted octanol–water partition coefficient (Wildman–Crippen LogP) is 3.64. The SMILES string of the molecule is O=C(COc1ccc(Cl)cc1)NC[C@@H](c1ccco1)S(=O)(=O)c1ccccc1. The standard InChI is InChI=1S/C20H18ClNO5S/c21-15-8-10-16(11-9-15)27-14-20(23)22-13-19(18-7-4-12-26-18)28(24,25)17-5-2-1-3-6-17/h1-12,19H,13-14H2,(H,22,23)/t19-/m0/s1. The largest absolute Gasteiger partial charge is 0.484 e. The zero-order chi connectivity index (χ0) is 20.0. The van der Waals surface area contributed by atoms with Crippen molar-refractivity contribution in [3.8, 4) is 5.75 Å². The summed E-state index contributed by atoms with van der Waals surface area (Å²) in [5.41, 5.74) is 0. The topological polar surface area (TPSA) is 85.6 Å². The number of carbonyl (C=O) groups is 1. The number of ether oxygens (including phenoxy) is 1. The highest BCUT2D eigenvalue weighted by Gasteiger charge is 2.31. The van der Waals surface area contributed by atoms with Crippen molar-refractivity contribution in [2.45, 2.75) is 10.1 Å². The number of hydrogen-bond donors (Lipinski definition) is 1. The molecule has 2 aromatic carbocycles. The van der Waals surface area contributed by atoms with Gasteiger partial charge in [0.25, 0.3) is 5.91 Å². The van der Waals surface area contributed by atoms with E-state index in [1.807, 2.05) is 0 Å². The van der Waals surface area contributed by atoms with E-state index in [-0.39, 0.29) is 23.8 Å². The molecule has 146 valence electrons. The Morgan fingerprint density at radius 2 is 1.75 bits per heavy atom. The van der Waals surface area contributed by atoms with Gasteiger partial charge in [-0.25, -0.2) is 8.42 Å². The molecule has 28 heavy (non-hydrogen) atoms. The normalized spacial score (nSPS) is 12.3. The molecule has 0 saturated carbocycles. The van der Waals surface area contributed by atoms with Crippen LogP contribution >= 0.6 is 11.6 Å². The summed E-state index contributed by atoms with van der Waals surface area (Å²) in [6.45, 7) is -0.397. The van der Waals surface area contributed by atoms with Gasteiger partial charge >= 0.3 is 0 Å².